The van der Waals surface area contributed by atoms with Crippen molar-refractivity contribution in [2.45, 2.75) is 0 Å². The van der Waals surface area contributed by atoms with Gasteiger partial charge in [0.05, 0.1) is 16.9 Å². The van der Waals surface area contributed by atoms with Crippen molar-refractivity contribution in [2.75, 3.05) is 5.73 Å². The second-order valence-corrected chi connectivity index (χ2v) is 5.24. The number of nitrogens with two attached hydrogens (primary N) is 1. The van der Waals surface area contributed by atoms with E-state index in [1.54, 1.807) is 18.3 Å². The maximum Gasteiger partial charge on any atom is 0.213 e. The second-order valence-electron chi connectivity index (χ2n) is 5.24. The standard InChI is InChI=1S/C18H12FN5/c19-16-5-1-4-15(24-16)17-12(3-2-8-21-17)11-6-7-14-13(9-11)18(20)23-10-22-14/h1-10H,(H2,20,22,23). The fourth-order valence-electron chi connectivity index (χ4n) is 2.63. The number of nitrogen functional groups attached to an aromatic ring is 1. The summed E-state index contributed by atoms with van der Waals surface area (Å²) in [4.78, 5) is 16.5. The Kier molecular flexibility index (Phi) is 3.35. The van der Waals surface area contributed by atoms with Gasteiger partial charge in [0.15, 0.2) is 0 Å². The van der Waals surface area contributed by atoms with E-state index in [9.17, 15) is 4.39 Å². The lowest BCUT2D eigenvalue weighted by molar-refractivity contribution is 0.585. The summed E-state index contributed by atoms with van der Waals surface area (Å²) >= 11 is 0. The van der Waals surface area contributed by atoms with Crippen molar-refractivity contribution in [2.24, 2.45) is 0 Å². The smallest absolute Gasteiger partial charge is 0.213 e. The number of nitrogens with zero attached hydrogens (tertiary/aromatic N) is 4. The Hall–Kier alpha value is -3.41. The normalized spacial score (nSPS) is 10.9. The van der Waals surface area contributed by atoms with Crippen molar-refractivity contribution in [3.05, 3.63) is 67.0 Å². The van der Waals surface area contributed by atoms with Gasteiger partial charge < -0.3 is 5.73 Å². The number of hydrogen-bond donors (Lipinski definition) is 1. The molecule has 1 aromatic carbocycles. The Balaban J connectivity index is 1.93. The lowest BCUT2D eigenvalue weighted by atomic mass is 10.0. The maximum atomic E-state index is 13.5. The number of anilines is 1. The molecule has 0 amide bonds. The lowest BCUT2D eigenvalue weighted by Gasteiger charge is -2.09. The van der Waals surface area contributed by atoms with Gasteiger partial charge in [-0.25, -0.2) is 15.0 Å². The van der Waals surface area contributed by atoms with Crippen LogP contribution in [-0.4, -0.2) is 19.9 Å². The summed E-state index contributed by atoms with van der Waals surface area (Å²) in [5.74, 6) is -0.128. The number of rotatable bonds is 2. The van der Waals surface area contributed by atoms with Gasteiger partial charge in [-0.3, -0.25) is 4.98 Å². The van der Waals surface area contributed by atoms with Crippen LogP contribution in [0.1, 0.15) is 0 Å². The number of benzene rings is 1. The van der Waals surface area contributed by atoms with Gasteiger partial charge in [0.1, 0.15) is 12.1 Å². The average Bonchev–Trinajstić information content (AvgIpc) is 2.62. The van der Waals surface area contributed by atoms with Crippen LogP contribution in [0, 0.1) is 5.95 Å². The summed E-state index contributed by atoms with van der Waals surface area (Å²) in [6.07, 6.45) is 3.09. The molecule has 0 saturated heterocycles. The molecule has 0 atom stereocenters. The zero-order valence-electron chi connectivity index (χ0n) is 12.5. The van der Waals surface area contributed by atoms with E-state index in [0.717, 1.165) is 22.0 Å². The van der Waals surface area contributed by atoms with Gasteiger partial charge in [-0.2, -0.15) is 4.39 Å². The molecular weight excluding hydrogens is 305 g/mol. The highest BCUT2D eigenvalue weighted by Crippen LogP contribution is 2.31. The fourth-order valence-corrected chi connectivity index (χ4v) is 2.63. The Morgan fingerprint density at radius 3 is 2.71 bits per heavy atom. The van der Waals surface area contributed by atoms with Crippen LogP contribution < -0.4 is 5.73 Å². The van der Waals surface area contributed by atoms with Gasteiger partial charge in [0.2, 0.25) is 5.95 Å². The molecule has 0 unspecified atom stereocenters. The van der Waals surface area contributed by atoms with Gasteiger partial charge in [0, 0.05) is 17.1 Å². The van der Waals surface area contributed by atoms with E-state index in [1.165, 1.54) is 12.4 Å². The summed E-state index contributed by atoms with van der Waals surface area (Å²) in [6.45, 7) is 0. The molecule has 0 aliphatic heterocycles. The van der Waals surface area contributed by atoms with E-state index in [4.69, 9.17) is 5.73 Å². The largest absolute Gasteiger partial charge is 0.383 e. The molecule has 4 rings (SSSR count). The van der Waals surface area contributed by atoms with Crippen molar-refractivity contribution >= 4 is 16.7 Å². The van der Waals surface area contributed by atoms with E-state index >= 15 is 0 Å². The second kappa shape index (κ2) is 5.66. The first kappa shape index (κ1) is 14.2. The SMILES string of the molecule is Nc1ncnc2ccc(-c3cccnc3-c3cccc(F)n3)cc12. The summed E-state index contributed by atoms with van der Waals surface area (Å²) in [5.41, 5.74) is 9.51. The van der Waals surface area contributed by atoms with Crippen LogP contribution in [0.5, 0.6) is 0 Å². The van der Waals surface area contributed by atoms with E-state index < -0.39 is 5.95 Å². The molecule has 0 aliphatic rings. The molecule has 3 aromatic heterocycles. The number of aromatic nitrogens is 4. The van der Waals surface area contributed by atoms with Crippen LogP contribution in [0.25, 0.3) is 33.4 Å². The van der Waals surface area contributed by atoms with Gasteiger partial charge in [-0.1, -0.05) is 18.2 Å². The molecule has 0 spiro atoms. The highest BCUT2D eigenvalue weighted by Gasteiger charge is 2.12. The third kappa shape index (κ3) is 2.44. The molecule has 24 heavy (non-hydrogen) atoms. The molecule has 0 aliphatic carbocycles. The number of halogens is 1. The molecule has 2 N–H and O–H groups in total. The predicted octanol–water partition coefficient (Wildman–Crippen LogP) is 3.48. The van der Waals surface area contributed by atoms with Gasteiger partial charge in [0.25, 0.3) is 0 Å². The monoisotopic (exact) mass is 317 g/mol. The fraction of sp³-hybridized carbons (Fsp3) is 0. The molecule has 3 heterocycles. The van der Waals surface area contributed by atoms with Crippen molar-refractivity contribution in [3.8, 4) is 22.5 Å². The molecule has 116 valence electrons. The van der Waals surface area contributed by atoms with Crippen molar-refractivity contribution in [1.29, 1.82) is 0 Å². The van der Waals surface area contributed by atoms with Crippen molar-refractivity contribution in [3.63, 3.8) is 0 Å². The van der Waals surface area contributed by atoms with Crippen LogP contribution in [0.4, 0.5) is 10.2 Å². The number of fused-ring (bicyclic) bond motifs is 1. The van der Waals surface area contributed by atoms with Gasteiger partial charge in [-0.15, -0.1) is 0 Å². The van der Waals surface area contributed by atoms with Crippen LogP contribution in [-0.2, 0) is 0 Å². The minimum atomic E-state index is -0.541. The average molecular weight is 317 g/mol. The van der Waals surface area contributed by atoms with Crippen LogP contribution >= 0.6 is 0 Å². The third-order valence-electron chi connectivity index (χ3n) is 3.74. The van der Waals surface area contributed by atoms with Gasteiger partial charge in [-0.05, 0) is 35.9 Å². The first-order valence-corrected chi connectivity index (χ1v) is 7.31. The van der Waals surface area contributed by atoms with E-state index in [1.807, 2.05) is 30.3 Å². The quantitative estimate of drug-likeness (QED) is 0.573. The Bertz CT molecular complexity index is 1050. The van der Waals surface area contributed by atoms with E-state index in [2.05, 4.69) is 19.9 Å². The Morgan fingerprint density at radius 2 is 1.83 bits per heavy atom. The highest BCUT2D eigenvalue weighted by atomic mass is 19.1. The van der Waals surface area contributed by atoms with Crippen LogP contribution in [0.2, 0.25) is 0 Å². The van der Waals surface area contributed by atoms with Crippen LogP contribution in [0.3, 0.4) is 0 Å². The summed E-state index contributed by atoms with van der Waals surface area (Å²) in [5, 5.41) is 0.761. The molecule has 0 radical (unpaired) electrons. The van der Waals surface area contributed by atoms with Crippen molar-refractivity contribution in [1.82, 2.24) is 19.9 Å². The van der Waals surface area contributed by atoms with E-state index in [0.29, 0.717) is 17.2 Å². The molecule has 5 nitrogen and oxygen atoms in total. The molecule has 0 saturated carbocycles. The zero-order chi connectivity index (χ0) is 16.5. The van der Waals surface area contributed by atoms with Crippen molar-refractivity contribution < 1.29 is 4.39 Å². The topological polar surface area (TPSA) is 77.6 Å². The Labute approximate surface area is 137 Å². The van der Waals surface area contributed by atoms with Crippen LogP contribution in [0.15, 0.2) is 61.1 Å². The number of hydrogen-bond acceptors (Lipinski definition) is 5. The minimum Gasteiger partial charge on any atom is -0.383 e. The maximum absolute atomic E-state index is 13.5. The summed E-state index contributed by atoms with van der Waals surface area (Å²) < 4.78 is 13.5. The molecule has 4 aromatic rings. The lowest BCUT2D eigenvalue weighted by Crippen LogP contribution is -1.95. The predicted molar refractivity (Wildman–Crippen MR) is 90.4 cm³/mol. The molecule has 6 heteroatoms. The minimum absolute atomic E-state index is 0.413. The molecular formula is C18H12FN5. The zero-order valence-corrected chi connectivity index (χ0v) is 12.5. The first-order chi connectivity index (χ1) is 11.7. The molecule has 0 bridgehead atoms. The number of pyridine rings is 2. The summed E-state index contributed by atoms with van der Waals surface area (Å²) in [7, 11) is 0. The highest BCUT2D eigenvalue weighted by molar-refractivity contribution is 5.93. The molecule has 0 fully saturated rings. The van der Waals surface area contributed by atoms with Gasteiger partial charge >= 0.3 is 0 Å². The summed E-state index contributed by atoms with van der Waals surface area (Å²) in [6, 6.07) is 14.1. The third-order valence-corrected chi connectivity index (χ3v) is 3.74. The van der Waals surface area contributed by atoms with E-state index in [-0.39, 0.29) is 0 Å². The first-order valence-electron chi connectivity index (χ1n) is 7.31. The Morgan fingerprint density at radius 1 is 0.917 bits per heavy atom.